The largest absolute Gasteiger partial charge is 0.387 e. The van der Waals surface area contributed by atoms with Gasteiger partial charge >= 0.3 is 5.69 Å². The second-order valence-corrected chi connectivity index (χ2v) is 6.08. The molecule has 1 aliphatic heterocycles. The molecule has 4 atom stereocenters. The number of benzene rings is 1. The van der Waals surface area contributed by atoms with Gasteiger partial charge in [0.15, 0.2) is 11.8 Å². The molecular formula is C20H18N2O6. The summed E-state index contributed by atoms with van der Waals surface area (Å²) >= 11 is 0. The highest BCUT2D eigenvalue weighted by atomic mass is 16.6. The number of aliphatic hydroxyl groups excluding tert-OH is 2. The van der Waals surface area contributed by atoms with Crippen LogP contribution in [-0.2, 0) is 9.47 Å². The third-order valence-electron chi connectivity index (χ3n) is 4.34. The van der Waals surface area contributed by atoms with Crippen molar-refractivity contribution in [2.45, 2.75) is 24.0 Å². The third-order valence-corrected chi connectivity index (χ3v) is 4.34. The molecule has 3 N–H and O–H groups in total. The molecular weight excluding hydrogens is 364 g/mol. The molecule has 8 nitrogen and oxygen atoms in total. The standard InChI is InChI=1S/C20H18N2O6/c1-2-12-28-20(10-8-14-6-4-3-5-7-14)15(23)13-27-18(17(20)25)22-16(24)9-11-21-19(22)26/h1,3-7,9,11,15,17-18,23,25H,12-13H2,(H,21,26)/t15-,17+,18-,20-/m1/s1. The number of aromatic nitrogens is 2. The van der Waals surface area contributed by atoms with Crippen LogP contribution < -0.4 is 11.2 Å². The van der Waals surface area contributed by atoms with E-state index in [1.807, 2.05) is 6.07 Å². The van der Waals surface area contributed by atoms with E-state index in [0.717, 1.165) is 6.07 Å². The highest BCUT2D eigenvalue weighted by Gasteiger charge is 2.53. The molecule has 1 aromatic heterocycles. The van der Waals surface area contributed by atoms with Crippen molar-refractivity contribution in [3.63, 3.8) is 0 Å². The molecule has 0 saturated carbocycles. The van der Waals surface area contributed by atoms with Crippen molar-refractivity contribution in [1.82, 2.24) is 9.55 Å². The minimum absolute atomic E-state index is 0.260. The summed E-state index contributed by atoms with van der Waals surface area (Å²) in [6.45, 7) is -0.596. The predicted molar refractivity (Wildman–Crippen MR) is 99.2 cm³/mol. The van der Waals surface area contributed by atoms with Crippen LogP contribution in [0.4, 0.5) is 0 Å². The Morgan fingerprint density at radius 1 is 1.29 bits per heavy atom. The molecule has 0 aliphatic carbocycles. The van der Waals surface area contributed by atoms with Crippen LogP contribution in [0.25, 0.3) is 0 Å². The number of aromatic amines is 1. The summed E-state index contributed by atoms with van der Waals surface area (Å²) in [6.07, 6.45) is 1.97. The molecule has 1 saturated heterocycles. The van der Waals surface area contributed by atoms with E-state index in [9.17, 15) is 19.8 Å². The molecule has 0 radical (unpaired) electrons. The first-order valence-corrected chi connectivity index (χ1v) is 8.43. The van der Waals surface area contributed by atoms with Gasteiger partial charge in [-0.05, 0) is 12.1 Å². The molecule has 2 aromatic rings. The number of hydrogen-bond acceptors (Lipinski definition) is 6. The highest BCUT2D eigenvalue weighted by Crippen LogP contribution is 2.33. The summed E-state index contributed by atoms with van der Waals surface area (Å²) in [5.41, 5.74) is -2.73. The van der Waals surface area contributed by atoms with Crippen LogP contribution in [0.3, 0.4) is 0 Å². The summed E-state index contributed by atoms with van der Waals surface area (Å²) in [4.78, 5) is 26.6. The van der Waals surface area contributed by atoms with E-state index in [1.165, 1.54) is 6.20 Å². The zero-order valence-electron chi connectivity index (χ0n) is 14.7. The number of hydrogen-bond donors (Lipinski definition) is 3. The van der Waals surface area contributed by atoms with E-state index in [4.69, 9.17) is 15.9 Å². The minimum atomic E-state index is -1.87. The Morgan fingerprint density at radius 2 is 2.04 bits per heavy atom. The Labute approximate surface area is 160 Å². The van der Waals surface area contributed by atoms with E-state index >= 15 is 0 Å². The van der Waals surface area contributed by atoms with Crippen molar-refractivity contribution in [2.75, 3.05) is 13.2 Å². The Morgan fingerprint density at radius 3 is 2.71 bits per heavy atom. The van der Waals surface area contributed by atoms with E-state index in [-0.39, 0.29) is 13.2 Å². The van der Waals surface area contributed by atoms with E-state index in [0.29, 0.717) is 10.1 Å². The summed E-state index contributed by atoms with van der Waals surface area (Å²) in [5.74, 6) is 7.85. The molecule has 28 heavy (non-hydrogen) atoms. The molecule has 0 spiro atoms. The molecule has 1 fully saturated rings. The smallest absolute Gasteiger partial charge is 0.330 e. The molecule has 0 amide bonds. The van der Waals surface area contributed by atoms with Crippen LogP contribution >= 0.6 is 0 Å². The summed E-state index contributed by atoms with van der Waals surface area (Å²) in [6, 6.07) is 9.97. The monoisotopic (exact) mass is 382 g/mol. The average Bonchev–Trinajstić information content (AvgIpc) is 2.70. The van der Waals surface area contributed by atoms with Gasteiger partial charge in [-0.25, -0.2) is 9.36 Å². The van der Waals surface area contributed by atoms with Gasteiger partial charge < -0.3 is 24.7 Å². The maximum atomic E-state index is 12.2. The van der Waals surface area contributed by atoms with Crippen molar-refractivity contribution < 1.29 is 19.7 Å². The first-order valence-electron chi connectivity index (χ1n) is 8.43. The average molecular weight is 382 g/mol. The van der Waals surface area contributed by atoms with Crippen LogP contribution in [0.5, 0.6) is 0 Å². The zero-order valence-corrected chi connectivity index (χ0v) is 14.7. The Balaban J connectivity index is 2.09. The molecule has 0 bridgehead atoms. The molecule has 0 unspecified atom stereocenters. The van der Waals surface area contributed by atoms with E-state index in [1.54, 1.807) is 24.3 Å². The number of terminal acetylenes is 1. The second kappa shape index (κ2) is 8.26. The SMILES string of the molecule is C#CCO[C@]1(C#Cc2ccccc2)[C@H](O)CO[C@@H](n2c(=O)cc[nH]c2=O)[C@@H]1O. The normalized spacial score (nSPS) is 26.7. The van der Waals surface area contributed by atoms with E-state index in [2.05, 4.69) is 22.7 Å². The summed E-state index contributed by atoms with van der Waals surface area (Å²) in [5, 5.41) is 21.5. The topological polar surface area (TPSA) is 114 Å². The lowest BCUT2D eigenvalue weighted by Gasteiger charge is -2.44. The van der Waals surface area contributed by atoms with Crippen LogP contribution in [0.1, 0.15) is 11.8 Å². The maximum Gasteiger partial charge on any atom is 0.330 e. The second-order valence-electron chi connectivity index (χ2n) is 6.08. The van der Waals surface area contributed by atoms with Gasteiger partial charge in [0.25, 0.3) is 5.56 Å². The fraction of sp³-hybridized carbons (Fsp3) is 0.300. The lowest BCUT2D eigenvalue weighted by Crippen LogP contribution is -2.64. The number of rotatable bonds is 3. The first kappa shape index (κ1) is 19.6. The van der Waals surface area contributed by atoms with Gasteiger partial charge in [-0.2, -0.15) is 0 Å². The van der Waals surface area contributed by atoms with Gasteiger partial charge in [-0.15, -0.1) is 6.42 Å². The summed E-state index contributed by atoms with van der Waals surface area (Å²) in [7, 11) is 0. The van der Waals surface area contributed by atoms with Crippen LogP contribution in [-0.4, -0.2) is 50.8 Å². The van der Waals surface area contributed by atoms with Gasteiger partial charge in [-0.1, -0.05) is 36.0 Å². The van der Waals surface area contributed by atoms with Crippen molar-refractivity contribution in [3.8, 4) is 24.2 Å². The number of ether oxygens (including phenoxy) is 2. The zero-order chi connectivity index (χ0) is 20.1. The maximum absolute atomic E-state index is 12.2. The van der Waals surface area contributed by atoms with Gasteiger partial charge in [-0.3, -0.25) is 4.79 Å². The Bertz CT molecular complexity index is 1010. The number of nitrogens with one attached hydrogen (secondary N) is 1. The molecule has 2 heterocycles. The predicted octanol–water partition coefficient (Wildman–Crippen LogP) is -0.773. The fourth-order valence-corrected chi connectivity index (χ4v) is 2.93. The molecule has 1 aromatic carbocycles. The molecule has 1 aliphatic rings. The van der Waals surface area contributed by atoms with Crippen molar-refractivity contribution in [1.29, 1.82) is 0 Å². The van der Waals surface area contributed by atoms with E-state index < -0.39 is 35.3 Å². The van der Waals surface area contributed by atoms with Gasteiger partial charge in [0.2, 0.25) is 0 Å². The minimum Gasteiger partial charge on any atom is -0.387 e. The van der Waals surface area contributed by atoms with Gasteiger partial charge in [0.1, 0.15) is 18.8 Å². The van der Waals surface area contributed by atoms with Crippen LogP contribution in [0, 0.1) is 24.2 Å². The van der Waals surface area contributed by atoms with Crippen molar-refractivity contribution in [2.24, 2.45) is 0 Å². The fourth-order valence-electron chi connectivity index (χ4n) is 2.93. The van der Waals surface area contributed by atoms with Crippen molar-refractivity contribution in [3.05, 3.63) is 69.0 Å². The Hall–Kier alpha value is -3.14. The number of nitrogens with zero attached hydrogens (tertiary/aromatic N) is 1. The first-order chi connectivity index (χ1) is 13.5. The Kier molecular flexibility index (Phi) is 5.78. The lowest BCUT2D eigenvalue weighted by atomic mass is 9.86. The van der Waals surface area contributed by atoms with Crippen LogP contribution in [0.2, 0.25) is 0 Å². The van der Waals surface area contributed by atoms with Crippen molar-refractivity contribution >= 4 is 0 Å². The molecule has 144 valence electrons. The number of H-pyrrole nitrogens is 1. The number of aliphatic hydroxyl groups is 2. The third kappa shape index (κ3) is 3.63. The van der Waals surface area contributed by atoms with Crippen LogP contribution in [0.15, 0.2) is 52.2 Å². The molecule has 8 heteroatoms. The lowest BCUT2D eigenvalue weighted by molar-refractivity contribution is -0.252. The highest BCUT2D eigenvalue weighted by molar-refractivity contribution is 5.38. The molecule has 3 rings (SSSR count). The van der Waals surface area contributed by atoms with Gasteiger partial charge in [0, 0.05) is 17.8 Å². The summed E-state index contributed by atoms with van der Waals surface area (Å²) < 4.78 is 11.7. The van der Waals surface area contributed by atoms with Gasteiger partial charge in [0.05, 0.1) is 6.61 Å². The quantitative estimate of drug-likeness (QED) is 0.601.